The second kappa shape index (κ2) is 5.56. The van der Waals surface area contributed by atoms with E-state index in [2.05, 4.69) is 4.98 Å². The van der Waals surface area contributed by atoms with E-state index in [0.717, 1.165) is 0 Å². The van der Waals surface area contributed by atoms with E-state index < -0.39 is 0 Å². The molecule has 0 aliphatic rings. The molecule has 0 spiro atoms. The lowest BCUT2D eigenvalue weighted by Gasteiger charge is -2.08. The van der Waals surface area contributed by atoms with Crippen LogP contribution in [0, 0.1) is 0 Å². The van der Waals surface area contributed by atoms with Gasteiger partial charge in [0.25, 0.3) is 0 Å². The molecule has 0 fully saturated rings. The lowest BCUT2D eigenvalue weighted by Crippen LogP contribution is -2.10. The van der Waals surface area contributed by atoms with E-state index in [4.69, 9.17) is 9.47 Å². The number of ketones is 1. The number of rotatable bonds is 5. The van der Waals surface area contributed by atoms with E-state index in [1.165, 1.54) is 0 Å². The highest BCUT2D eigenvalue weighted by Gasteiger charge is 2.16. The van der Waals surface area contributed by atoms with Crippen LogP contribution in [-0.4, -0.2) is 29.6 Å². The average molecular weight is 260 g/mol. The predicted molar refractivity (Wildman–Crippen MR) is 70.9 cm³/mol. The van der Waals surface area contributed by atoms with Crippen LogP contribution in [0.25, 0.3) is 0 Å². The van der Waals surface area contributed by atoms with E-state index in [1.54, 1.807) is 49.4 Å². The van der Waals surface area contributed by atoms with Gasteiger partial charge in [-0.2, -0.15) is 0 Å². The van der Waals surface area contributed by atoms with Crippen LogP contribution < -0.4 is 9.47 Å². The number of aryl methyl sites for hydroxylation is 1. The Bertz CT molecular complexity index is 568. The first kappa shape index (κ1) is 13.1. The van der Waals surface area contributed by atoms with Gasteiger partial charge in [0.2, 0.25) is 5.78 Å². The maximum Gasteiger partial charge on any atom is 0.228 e. The molecular weight excluding hydrogens is 244 g/mol. The standard InChI is InChI=1S/C14H16N2O3/c1-4-16-6-5-15-14(16)13(17)10-7-11(18-2)9-12(8-10)19-3/h5-9H,4H2,1-3H3. The van der Waals surface area contributed by atoms with E-state index in [0.29, 0.717) is 29.4 Å². The van der Waals surface area contributed by atoms with Crippen LogP contribution in [0.2, 0.25) is 0 Å². The molecule has 1 aromatic heterocycles. The number of methoxy groups -OCH3 is 2. The molecule has 0 atom stereocenters. The second-order valence-electron chi connectivity index (χ2n) is 3.97. The van der Waals surface area contributed by atoms with Gasteiger partial charge in [0.15, 0.2) is 5.82 Å². The molecule has 1 heterocycles. The Morgan fingerprint density at radius 3 is 2.37 bits per heavy atom. The summed E-state index contributed by atoms with van der Waals surface area (Å²) >= 11 is 0. The molecule has 100 valence electrons. The summed E-state index contributed by atoms with van der Waals surface area (Å²) in [6.45, 7) is 2.66. The molecule has 0 aliphatic heterocycles. The number of hydrogen-bond donors (Lipinski definition) is 0. The number of ether oxygens (including phenoxy) is 2. The number of carbonyl (C=O) groups excluding carboxylic acids is 1. The van der Waals surface area contributed by atoms with Gasteiger partial charge in [0.05, 0.1) is 14.2 Å². The molecule has 0 radical (unpaired) electrons. The molecule has 2 aromatic rings. The van der Waals surface area contributed by atoms with Crippen molar-refractivity contribution >= 4 is 5.78 Å². The Morgan fingerprint density at radius 1 is 1.21 bits per heavy atom. The zero-order valence-corrected chi connectivity index (χ0v) is 11.2. The molecule has 1 aromatic carbocycles. The van der Waals surface area contributed by atoms with Crippen LogP contribution in [0.3, 0.4) is 0 Å². The van der Waals surface area contributed by atoms with Crippen molar-refractivity contribution in [3.8, 4) is 11.5 Å². The Morgan fingerprint density at radius 2 is 1.84 bits per heavy atom. The van der Waals surface area contributed by atoms with Crippen LogP contribution in [-0.2, 0) is 6.54 Å². The largest absolute Gasteiger partial charge is 0.497 e. The smallest absolute Gasteiger partial charge is 0.228 e. The van der Waals surface area contributed by atoms with Gasteiger partial charge in [-0.15, -0.1) is 0 Å². The van der Waals surface area contributed by atoms with Gasteiger partial charge in [-0.3, -0.25) is 4.79 Å². The zero-order chi connectivity index (χ0) is 13.8. The summed E-state index contributed by atoms with van der Waals surface area (Å²) in [4.78, 5) is 16.5. The number of nitrogens with zero attached hydrogens (tertiary/aromatic N) is 2. The zero-order valence-electron chi connectivity index (χ0n) is 11.2. The van der Waals surface area contributed by atoms with Crippen molar-refractivity contribution < 1.29 is 14.3 Å². The first-order chi connectivity index (χ1) is 9.19. The highest BCUT2D eigenvalue weighted by molar-refractivity contribution is 6.07. The van der Waals surface area contributed by atoms with E-state index in [9.17, 15) is 4.79 Å². The molecule has 0 saturated heterocycles. The number of imidazole rings is 1. The fourth-order valence-electron chi connectivity index (χ4n) is 1.84. The number of carbonyl (C=O) groups is 1. The maximum atomic E-state index is 12.4. The van der Waals surface area contributed by atoms with E-state index in [-0.39, 0.29) is 5.78 Å². The van der Waals surface area contributed by atoms with Crippen molar-refractivity contribution in [2.45, 2.75) is 13.5 Å². The average Bonchev–Trinajstić information content (AvgIpc) is 2.94. The molecule has 5 heteroatoms. The van der Waals surface area contributed by atoms with Crippen molar-refractivity contribution in [1.82, 2.24) is 9.55 Å². The second-order valence-corrected chi connectivity index (χ2v) is 3.97. The van der Waals surface area contributed by atoms with Gasteiger partial charge in [0, 0.05) is 30.6 Å². The highest BCUT2D eigenvalue weighted by atomic mass is 16.5. The molecule has 0 unspecified atom stereocenters. The molecule has 0 amide bonds. The van der Waals surface area contributed by atoms with E-state index in [1.807, 2.05) is 6.92 Å². The first-order valence-corrected chi connectivity index (χ1v) is 5.98. The molecule has 0 saturated carbocycles. The first-order valence-electron chi connectivity index (χ1n) is 5.98. The number of benzene rings is 1. The lowest BCUT2D eigenvalue weighted by atomic mass is 10.1. The van der Waals surface area contributed by atoms with Crippen molar-refractivity contribution in [1.29, 1.82) is 0 Å². The van der Waals surface area contributed by atoms with Gasteiger partial charge in [-0.05, 0) is 19.1 Å². The Kier molecular flexibility index (Phi) is 3.85. The van der Waals surface area contributed by atoms with Gasteiger partial charge < -0.3 is 14.0 Å². The Hall–Kier alpha value is -2.30. The summed E-state index contributed by atoms with van der Waals surface area (Å²) in [5.41, 5.74) is 0.497. The molecule has 19 heavy (non-hydrogen) atoms. The van der Waals surface area contributed by atoms with Crippen LogP contribution in [0.5, 0.6) is 11.5 Å². The SMILES string of the molecule is CCn1ccnc1C(=O)c1cc(OC)cc(OC)c1. The van der Waals surface area contributed by atoms with Gasteiger partial charge in [-0.25, -0.2) is 4.98 Å². The highest BCUT2D eigenvalue weighted by Crippen LogP contribution is 2.24. The summed E-state index contributed by atoms with van der Waals surface area (Å²) in [5.74, 6) is 1.43. The summed E-state index contributed by atoms with van der Waals surface area (Å²) in [6.07, 6.45) is 3.40. The Labute approximate surface area is 111 Å². The summed E-state index contributed by atoms with van der Waals surface area (Å²) in [5, 5.41) is 0. The summed E-state index contributed by atoms with van der Waals surface area (Å²) in [6, 6.07) is 5.09. The molecule has 0 bridgehead atoms. The fraction of sp³-hybridized carbons (Fsp3) is 0.286. The third kappa shape index (κ3) is 2.59. The Balaban J connectivity index is 2.43. The lowest BCUT2D eigenvalue weighted by molar-refractivity contribution is 0.102. The molecule has 0 aliphatic carbocycles. The fourth-order valence-corrected chi connectivity index (χ4v) is 1.84. The molecule has 0 N–H and O–H groups in total. The normalized spacial score (nSPS) is 10.3. The quantitative estimate of drug-likeness (QED) is 0.773. The van der Waals surface area contributed by atoms with Crippen LogP contribution in [0.1, 0.15) is 23.1 Å². The van der Waals surface area contributed by atoms with Gasteiger partial charge in [0.1, 0.15) is 11.5 Å². The third-order valence-electron chi connectivity index (χ3n) is 2.87. The van der Waals surface area contributed by atoms with Gasteiger partial charge >= 0.3 is 0 Å². The van der Waals surface area contributed by atoms with Crippen molar-refractivity contribution in [3.05, 3.63) is 42.0 Å². The van der Waals surface area contributed by atoms with Crippen LogP contribution in [0.15, 0.2) is 30.6 Å². The molecule has 5 nitrogen and oxygen atoms in total. The monoisotopic (exact) mass is 260 g/mol. The minimum atomic E-state index is -0.149. The van der Waals surface area contributed by atoms with Gasteiger partial charge in [-0.1, -0.05) is 0 Å². The minimum absolute atomic E-state index is 0.149. The minimum Gasteiger partial charge on any atom is -0.497 e. The van der Waals surface area contributed by atoms with Crippen molar-refractivity contribution in [2.24, 2.45) is 0 Å². The maximum absolute atomic E-state index is 12.4. The molecular formula is C14H16N2O3. The van der Waals surface area contributed by atoms with Crippen molar-refractivity contribution in [2.75, 3.05) is 14.2 Å². The van der Waals surface area contributed by atoms with Crippen molar-refractivity contribution in [3.63, 3.8) is 0 Å². The van der Waals surface area contributed by atoms with Crippen LogP contribution >= 0.6 is 0 Å². The third-order valence-corrected chi connectivity index (χ3v) is 2.87. The number of hydrogen-bond acceptors (Lipinski definition) is 4. The predicted octanol–water partition coefficient (Wildman–Crippen LogP) is 2.15. The number of aromatic nitrogens is 2. The summed E-state index contributed by atoms with van der Waals surface area (Å²) in [7, 11) is 3.10. The van der Waals surface area contributed by atoms with Crippen LogP contribution in [0.4, 0.5) is 0 Å². The molecule has 2 rings (SSSR count). The van der Waals surface area contributed by atoms with E-state index >= 15 is 0 Å². The summed E-state index contributed by atoms with van der Waals surface area (Å²) < 4.78 is 12.1. The topological polar surface area (TPSA) is 53.4 Å².